The maximum absolute atomic E-state index is 12.8. The second-order valence-electron chi connectivity index (χ2n) is 7.84. The fraction of sp³-hybridized carbons (Fsp3) is 0.286. The van der Waals surface area contributed by atoms with Gasteiger partial charge in [0.2, 0.25) is 10.0 Å². The summed E-state index contributed by atoms with van der Waals surface area (Å²) >= 11 is 0. The van der Waals surface area contributed by atoms with Gasteiger partial charge in [-0.05, 0) is 56.7 Å². The van der Waals surface area contributed by atoms with Crippen LogP contribution in [0, 0.1) is 0 Å². The molecule has 154 valence electrons. The van der Waals surface area contributed by atoms with Crippen LogP contribution in [-0.2, 0) is 26.0 Å². The number of nitrogens with two attached hydrogens (primary N) is 1. The third-order valence-corrected chi connectivity index (χ3v) is 5.77. The zero-order valence-electron chi connectivity index (χ0n) is 16.6. The highest BCUT2D eigenvalue weighted by atomic mass is 32.2. The Kier molecular flexibility index (Phi) is 5.68. The number of sulfonamides is 1. The van der Waals surface area contributed by atoms with Gasteiger partial charge in [-0.15, -0.1) is 0 Å². The fourth-order valence-corrected chi connectivity index (χ4v) is 4.15. The van der Waals surface area contributed by atoms with Crippen LogP contribution >= 0.6 is 0 Å². The molecule has 0 saturated heterocycles. The van der Waals surface area contributed by atoms with E-state index in [9.17, 15) is 13.2 Å². The molecular formula is C21H25N3O4S. The van der Waals surface area contributed by atoms with Gasteiger partial charge in [-0.25, -0.2) is 8.42 Å². The van der Waals surface area contributed by atoms with Crippen molar-refractivity contribution in [1.29, 1.82) is 0 Å². The van der Waals surface area contributed by atoms with Crippen LogP contribution < -0.4 is 10.5 Å². The lowest BCUT2D eigenvalue weighted by molar-refractivity contribution is -0.156. The average molecular weight is 416 g/mol. The van der Waals surface area contributed by atoms with Gasteiger partial charge in [-0.2, -0.15) is 4.72 Å². The summed E-state index contributed by atoms with van der Waals surface area (Å²) in [6.07, 6.45) is 1.92. The monoisotopic (exact) mass is 415 g/mol. The number of hydrogen-bond donors (Lipinski definition) is 3. The van der Waals surface area contributed by atoms with Gasteiger partial charge in [-0.1, -0.05) is 18.2 Å². The molecule has 1 atom stereocenters. The molecule has 0 unspecified atom stereocenters. The predicted molar refractivity (Wildman–Crippen MR) is 113 cm³/mol. The first-order chi connectivity index (χ1) is 13.5. The van der Waals surface area contributed by atoms with Crippen molar-refractivity contribution in [2.24, 2.45) is 0 Å². The molecule has 7 nitrogen and oxygen atoms in total. The largest absolute Gasteiger partial charge is 0.459 e. The maximum atomic E-state index is 12.8. The summed E-state index contributed by atoms with van der Waals surface area (Å²) in [5.74, 6) is -0.637. The Bertz CT molecular complexity index is 1110. The summed E-state index contributed by atoms with van der Waals surface area (Å²) in [4.78, 5) is 16.0. The van der Waals surface area contributed by atoms with Crippen LogP contribution in [0.2, 0.25) is 0 Å². The Morgan fingerprint density at radius 2 is 1.79 bits per heavy atom. The van der Waals surface area contributed by atoms with Crippen molar-refractivity contribution in [2.75, 3.05) is 5.73 Å². The molecule has 0 fully saturated rings. The molecule has 3 aromatic rings. The van der Waals surface area contributed by atoms with E-state index in [-0.39, 0.29) is 11.3 Å². The maximum Gasteiger partial charge on any atom is 0.325 e. The molecule has 3 rings (SSSR count). The molecule has 1 aromatic heterocycles. The number of benzene rings is 2. The van der Waals surface area contributed by atoms with Crippen molar-refractivity contribution in [3.63, 3.8) is 0 Å². The normalized spacial score (nSPS) is 13.3. The molecule has 0 bridgehead atoms. The number of anilines is 1. The molecule has 1 heterocycles. The lowest BCUT2D eigenvalue weighted by atomic mass is 10.1. The highest BCUT2D eigenvalue weighted by molar-refractivity contribution is 7.89. The van der Waals surface area contributed by atoms with Crippen LogP contribution in [-0.4, -0.2) is 31.0 Å². The second-order valence-corrected chi connectivity index (χ2v) is 9.55. The highest BCUT2D eigenvalue weighted by Crippen LogP contribution is 2.21. The summed E-state index contributed by atoms with van der Waals surface area (Å²) in [7, 11) is -3.95. The van der Waals surface area contributed by atoms with E-state index >= 15 is 0 Å². The number of carbonyl (C=O) groups is 1. The van der Waals surface area contributed by atoms with Gasteiger partial charge in [0.15, 0.2) is 0 Å². The SMILES string of the molecule is CC(C)(C)OC(=O)[C@@H](Cc1c[nH]c2ccccc12)NS(=O)(=O)c1ccc(N)cc1. The van der Waals surface area contributed by atoms with E-state index in [0.717, 1.165) is 16.5 Å². The van der Waals surface area contributed by atoms with Gasteiger partial charge < -0.3 is 15.5 Å². The zero-order valence-corrected chi connectivity index (χ0v) is 17.4. The molecule has 8 heteroatoms. The predicted octanol–water partition coefficient (Wildman–Crippen LogP) is 2.98. The van der Waals surface area contributed by atoms with Crippen molar-refractivity contribution < 1.29 is 17.9 Å². The standard InChI is InChI=1S/C21H25N3O4S/c1-21(2,3)28-20(25)19(12-14-13-23-18-7-5-4-6-17(14)18)24-29(26,27)16-10-8-15(22)9-11-16/h4-11,13,19,23-24H,12,22H2,1-3H3/t19-/m1/s1. The van der Waals surface area contributed by atoms with Gasteiger partial charge in [0, 0.05) is 29.2 Å². The van der Waals surface area contributed by atoms with Crippen molar-refractivity contribution in [3.8, 4) is 0 Å². The van der Waals surface area contributed by atoms with Crippen LogP contribution in [0.5, 0.6) is 0 Å². The molecule has 2 aromatic carbocycles. The second kappa shape index (κ2) is 7.88. The van der Waals surface area contributed by atoms with E-state index in [1.165, 1.54) is 24.3 Å². The van der Waals surface area contributed by atoms with Crippen LogP contribution in [0.1, 0.15) is 26.3 Å². The summed E-state index contributed by atoms with van der Waals surface area (Å²) in [6, 6.07) is 12.3. The summed E-state index contributed by atoms with van der Waals surface area (Å²) < 4.78 is 33.7. The van der Waals surface area contributed by atoms with E-state index in [1.54, 1.807) is 27.0 Å². The molecule has 4 N–H and O–H groups in total. The molecule has 0 aliphatic heterocycles. The Labute approximate surface area is 170 Å². The van der Waals surface area contributed by atoms with E-state index in [2.05, 4.69) is 9.71 Å². The smallest absolute Gasteiger partial charge is 0.325 e. The van der Waals surface area contributed by atoms with Crippen molar-refractivity contribution in [2.45, 2.75) is 43.7 Å². The van der Waals surface area contributed by atoms with Gasteiger partial charge in [-0.3, -0.25) is 4.79 Å². The van der Waals surface area contributed by atoms with Gasteiger partial charge >= 0.3 is 5.97 Å². The molecular weight excluding hydrogens is 390 g/mol. The number of carbonyl (C=O) groups excluding carboxylic acids is 1. The van der Waals surface area contributed by atoms with E-state index in [1.807, 2.05) is 24.3 Å². The number of aromatic nitrogens is 1. The van der Waals surface area contributed by atoms with E-state index in [0.29, 0.717) is 5.69 Å². The van der Waals surface area contributed by atoms with Gasteiger partial charge in [0.25, 0.3) is 0 Å². The Morgan fingerprint density at radius 3 is 2.45 bits per heavy atom. The summed E-state index contributed by atoms with van der Waals surface area (Å²) in [5, 5.41) is 0.924. The summed E-state index contributed by atoms with van der Waals surface area (Å²) in [6.45, 7) is 5.21. The fourth-order valence-electron chi connectivity index (χ4n) is 2.97. The molecule has 29 heavy (non-hydrogen) atoms. The van der Waals surface area contributed by atoms with Crippen LogP contribution in [0.3, 0.4) is 0 Å². The molecule has 0 aliphatic rings. The molecule has 0 aliphatic carbocycles. The number of hydrogen-bond acceptors (Lipinski definition) is 5. The number of rotatable bonds is 6. The Hall–Kier alpha value is -2.84. The zero-order chi connectivity index (χ0) is 21.2. The van der Waals surface area contributed by atoms with Crippen molar-refractivity contribution >= 4 is 32.6 Å². The van der Waals surface area contributed by atoms with Crippen molar-refractivity contribution in [1.82, 2.24) is 9.71 Å². The highest BCUT2D eigenvalue weighted by Gasteiger charge is 2.30. The number of esters is 1. The summed E-state index contributed by atoms with van der Waals surface area (Å²) in [5.41, 5.74) is 7.07. The van der Waals surface area contributed by atoms with Crippen molar-refractivity contribution in [3.05, 3.63) is 60.3 Å². The minimum atomic E-state index is -3.95. The lowest BCUT2D eigenvalue weighted by Crippen LogP contribution is -2.45. The third kappa shape index (κ3) is 5.16. The lowest BCUT2D eigenvalue weighted by Gasteiger charge is -2.24. The number of ether oxygens (including phenoxy) is 1. The Morgan fingerprint density at radius 1 is 1.14 bits per heavy atom. The number of nitrogens with one attached hydrogen (secondary N) is 2. The van der Waals surface area contributed by atoms with Crippen LogP contribution in [0.15, 0.2) is 59.6 Å². The minimum Gasteiger partial charge on any atom is -0.459 e. The number of para-hydroxylation sites is 1. The van der Waals surface area contributed by atoms with E-state index < -0.39 is 27.6 Å². The van der Waals surface area contributed by atoms with Gasteiger partial charge in [0.05, 0.1) is 4.90 Å². The molecule has 0 spiro atoms. The van der Waals surface area contributed by atoms with E-state index in [4.69, 9.17) is 10.5 Å². The third-order valence-electron chi connectivity index (χ3n) is 4.28. The molecule has 0 saturated carbocycles. The molecule has 0 amide bonds. The first kappa shape index (κ1) is 20.9. The quantitative estimate of drug-likeness (QED) is 0.423. The number of fused-ring (bicyclic) bond motifs is 1. The van der Waals surface area contributed by atoms with Crippen LogP contribution in [0.25, 0.3) is 10.9 Å². The topological polar surface area (TPSA) is 114 Å². The first-order valence-electron chi connectivity index (χ1n) is 9.21. The molecule has 0 radical (unpaired) electrons. The Balaban J connectivity index is 1.92. The average Bonchev–Trinajstić information content (AvgIpc) is 3.03. The number of aromatic amines is 1. The van der Waals surface area contributed by atoms with Gasteiger partial charge in [0.1, 0.15) is 11.6 Å². The first-order valence-corrected chi connectivity index (χ1v) is 10.7. The number of nitrogen functional groups attached to an aromatic ring is 1. The number of H-pyrrole nitrogens is 1. The van der Waals surface area contributed by atoms with Crippen LogP contribution in [0.4, 0.5) is 5.69 Å². The minimum absolute atomic E-state index is 0.0270.